The molecule has 0 bridgehead atoms. The van der Waals surface area contributed by atoms with Crippen molar-refractivity contribution in [1.82, 2.24) is 14.7 Å². The Bertz CT molecular complexity index is 421. The molecule has 0 saturated carbocycles. The van der Waals surface area contributed by atoms with Gasteiger partial charge >= 0.3 is 11.7 Å². The van der Waals surface area contributed by atoms with E-state index in [9.17, 15) is 4.79 Å². The number of methoxy groups -OCH3 is 1. The molecule has 17 heavy (non-hydrogen) atoms. The minimum absolute atomic E-state index is 0.0586. The second-order valence-corrected chi connectivity index (χ2v) is 3.74. The third-order valence-electron chi connectivity index (χ3n) is 1.82. The number of hydrogen-bond donors (Lipinski definition) is 0. The van der Waals surface area contributed by atoms with E-state index in [1.54, 1.807) is 19.0 Å². The molecule has 0 aliphatic rings. The van der Waals surface area contributed by atoms with Crippen LogP contribution >= 0.6 is 11.6 Å². The van der Waals surface area contributed by atoms with Gasteiger partial charge in [-0.1, -0.05) is 4.73 Å². The molecule has 0 aliphatic heterocycles. The topological polar surface area (TPSA) is 69.5 Å². The Balaban J connectivity index is 3.00. The van der Waals surface area contributed by atoms with Crippen molar-refractivity contribution in [3.8, 4) is 6.01 Å². The first-order valence-corrected chi connectivity index (χ1v) is 5.55. The van der Waals surface area contributed by atoms with Gasteiger partial charge in [0, 0.05) is 20.0 Å². The van der Waals surface area contributed by atoms with Crippen molar-refractivity contribution in [3.63, 3.8) is 0 Å². The number of ether oxygens (including phenoxy) is 1. The summed E-state index contributed by atoms with van der Waals surface area (Å²) < 4.78 is 5.89. The highest BCUT2D eigenvalue weighted by atomic mass is 35.5. The van der Waals surface area contributed by atoms with Gasteiger partial charge in [0.25, 0.3) is 0 Å². The number of rotatable bonds is 6. The summed E-state index contributed by atoms with van der Waals surface area (Å²) in [5, 5.41) is 0. The van der Waals surface area contributed by atoms with Crippen LogP contribution < -0.4 is 20.2 Å². The fourth-order valence-electron chi connectivity index (χ4n) is 1.02. The standard InChI is InChI=1S/C9H15ClN4O3/c1-13(2)7-11-8(15)14(9(12-7)16-3)17-6-4-5-10/h4-6H2,1-3H3. The Morgan fingerprint density at radius 3 is 2.65 bits per heavy atom. The van der Waals surface area contributed by atoms with Crippen LogP contribution in [-0.2, 0) is 0 Å². The fraction of sp³-hybridized carbons (Fsp3) is 0.667. The number of hydrogen-bond acceptors (Lipinski definition) is 6. The molecule has 0 amide bonds. The van der Waals surface area contributed by atoms with Crippen LogP contribution in [0, 0.1) is 0 Å². The molecule has 0 unspecified atom stereocenters. The number of alkyl halides is 1. The predicted octanol–water partition coefficient (Wildman–Crippen LogP) is -0.230. The first-order chi connectivity index (χ1) is 8.10. The molecule has 0 atom stereocenters. The van der Waals surface area contributed by atoms with E-state index in [4.69, 9.17) is 21.2 Å². The molecule has 1 aromatic rings. The van der Waals surface area contributed by atoms with Gasteiger partial charge in [-0.25, -0.2) is 4.79 Å². The van der Waals surface area contributed by atoms with Crippen molar-refractivity contribution in [2.24, 2.45) is 0 Å². The molecule has 0 aliphatic carbocycles. The van der Waals surface area contributed by atoms with Crippen molar-refractivity contribution in [3.05, 3.63) is 10.5 Å². The first kappa shape index (κ1) is 13.6. The summed E-state index contributed by atoms with van der Waals surface area (Å²) >= 11 is 5.51. The van der Waals surface area contributed by atoms with Gasteiger partial charge in [-0.15, -0.1) is 11.6 Å². The molecule has 0 spiro atoms. The largest absolute Gasteiger partial charge is 0.466 e. The molecule has 96 valence electrons. The maximum absolute atomic E-state index is 11.7. The van der Waals surface area contributed by atoms with E-state index >= 15 is 0 Å². The quantitative estimate of drug-likeness (QED) is 0.521. The van der Waals surface area contributed by atoms with E-state index in [0.29, 0.717) is 18.9 Å². The van der Waals surface area contributed by atoms with Gasteiger partial charge in [-0.2, -0.15) is 9.97 Å². The van der Waals surface area contributed by atoms with E-state index in [0.717, 1.165) is 4.73 Å². The summed E-state index contributed by atoms with van der Waals surface area (Å²) in [5.41, 5.74) is -0.574. The van der Waals surface area contributed by atoms with Gasteiger partial charge in [-0.3, -0.25) is 0 Å². The highest BCUT2D eigenvalue weighted by Gasteiger charge is 2.12. The minimum Gasteiger partial charge on any atom is -0.466 e. The molecule has 8 heteroatoms. The van der Waals surface area contributed by atoms with Gasteiger partial charge in [0.1, 0.15) is 6.61 Å². The lowest BCUT2D eigenvalue weighted by atomic mass is 10.5. The van der Waals surface area contributed by atoms with Crippen molar-refractivity contribution < 1.29 is 9.57 Å². The Morgan fingerprint density at radius 2 is 2.12 bits per heavy atom. The van der Waals surface area contributed by atoms with Gasteiger partial charge in [-0.05, 0) is 6.42 Å². The lowest BCUT2D eigenvalue weighted by molar-refractivity contribution is 0.0745. The van der Waals surface area contributed by atoms with E-state index in [-0.39, 0.29) is 12.0 Å². The van der Waals surface area contributed by atoms with Crippen molar-refractivity contribution in [2.45, 2.75) is 6.42 Å². The molecule has 0 saturated heterocycles. The smallest absolute Gasteiger partial charge is 0.388 e. The molecule has 0 fully saturated rings. The summed E-state index contributed by atoms with van der Waals surface area (Å²) in [4.78, 5) is 26.2. The zero-order valence-electron chi connectivity index (χ0n) is 10.0. The van der Waals surface area contributed by atoms with Crippen LogP contribution in [0.5, 0.6) is 6.01 Å². The van der Waals surface area contributed by atoms with Crippen LogP contribution in [0.3, 0.4) is 0 Å². The van der Waals surface area contributed by atoms with E-state index < -0.39 is 5.69 Å². The van der Waals surface area contributed by atoms with E-state index in [2.05, 4.69) is 9.97 Å². The SMILES string of the molecule is COc1nc(N(C)C)nc(=O)n1OCCCCl. The molecule has 0 aromatic carbocycles. The van der Waals surface area contributed by atoms with Crippen molar-refractivity contribution in [1.29, 1.82) is 0 Å². The van der Waals surface area contributed by atoms with Crippen LogP contribution in [0.15, 0.2) is 4.79 Å². The van der Waals surface area contributed by atoms with Crippen LogP contribution in [0.4, 0.5) is 5.95 Å². The maximum atomic E-state index is 11.7. The van der Waals surface area contributed by atoms with Crippen LogP contribution in [-0.4, -0.2) is 48.4 Å². The average molecular weight is 263 g/mol. The number of halogens is 1. The highest BCUT2D eigenvalue weighted by molar-refractivity contribution is 6.17. The molecule has 0 N–H and O–H groups in total. The van der Waals surface area contributed by atoms with Crippen molar-refractivity contribution >= 4 is 17.5 Å². The maximum Gasteiger partial charge on any atom is 0.388 e. The molecule has 1 aromatic heterocycles. The van der Waals surface area contributed by atoms with E-state index in [1.807, 2.05) is 0 Å². The van der Waals surface area contributed by atoms with Gasteiger partial charge in [0.2, 0.25) is 5.95 Å². The molecule has 0 radical (unpaired) electrons. The molecular formula is C9H15ClN4O3. The lowest BCUT2D eigenvalue weighted by Crippen LogP contribution is -2.33. The molecule has 1 heterocycles. The highest BCUT2D eigenvalue weighted by Crippen LogP contribution is 2.06. The monoisotopic (exact) mass is 262 g/mol. The second kappa shape index (κ2) is 6.29. The number of nitrogens with zero attached hydrogens (tertiary/aromatic N) is 4. The van der Waals surface area contributed by atoms with Crippen LogP contribution in [0.2, 0.25) is 0 Å². The average Bonchev–Trinajstić information content (AvgIpc) is 2.30. The Morgan fingerprint density at radius 1 is 1.41 bits per heavy atom. The van der Waals surface area contributed by atoms with Gasteiger partial charge in [0.05, 0.1) is 7.11 Å². The van der Waals surface area contributed by atoms with E-state index in [1.165, 1.54) is 7.11 Å². The van der Waals surface area contributed by atoms with Crippen LogP contribution in [0.1, 0.15) is 6.42 Å². The third-order valence-corrected chi connectivity index (χ3v) is 2.09. The van der Waals surface area contributed by atoms with Crippen molar-refractivity contribution in [2.75, 3.05) is 38.6 Å². The summed E-state index contributed by atoms with van der Waals surface area (Å²) in [5.74, 6) is 0.720. The fourth-order valence-corrected chi connectivity index (χ4v) is 1.13. The van der Waals surface area contributed by atoms with Gasteiger partial charge in [0.15, 0.2) is 0 Å². The summed E-state index contributed by atoms with van der Waals surface area (Å²) in [7, 11) is 4.86. The first-order valence-electron chi connectivity index (χ1n) is 5.01. The number of aromatic nitrogens is 3. The Hall–Kier alpha value is -1.50. The van der Waals surface area contributed by atoms with Crippen LogP contribution in [0.25, 0.3) is 0 Å². The normalized spacial score (nSPS) is 10.1. The molecule has 1 rings (SSSR count). The lowest BCUT2D eigenvalue weighted by Gasteiger charge is -2.14. The summed E-state index contributed by atoms with van der Waals surface area (Å²) in [6.07, 6.45) is 0.618. The predicted molar refractivity (Wildman–Crippen MR) is 64.0 cm³/mol. The Kier molecular flexibility index (Phi) is 5.02. The number of anilines is 1. The second-order valence-electron chi connectivity index (χ2n) is 3.36. The summed E-state index contributed by atoms with van der Waals surface area (Å²) in [6, 6.07) is 0.0586. The summed E-state index contributed by atoms with van der Waals surface area (Å²) in [6.45, 7) is 0.296. The molecule has 7 nitrogen and oxygen atoms in total. The van der Waals surface area contributed by atoms with Gasteiger partial charge < -0.3 is 14.5 Å². The molecular weight excluding hydrogens is 248 g/mol. The zero-order valence-corrected chi connectivity index (χ0v) is 10.8. The third kappa shape index (κ3) is 3.48. The Labute approximate surface area is 104 Å². The minimum atomic E-state index is -0.574. The zero-order chi connectivity index (χ0) is 12.8.